The van der Waals surface area contributed by atoms with Crippen LogP contribution in [0.15, 0.2) is 24.3 Å². The molecule has 0 aliphatic carbocycles. The molecule has 0 fully saturated rings. The molecule has 0 radical (unpaired) electrons. The predicted molar refractivity (Wildman–Crippen MR) is 65.6 cm³/mol. The summed E-state index contributed by atoms with van der Waals surface area (Å²) in [6, 6.07) is 7.88. The molecule has 1 rings (SSSR count). The third kappa shape index (κ3) is 2.74. The van der Waals surface area contributed by atoms with Crippen LogP contribution in [0.3, 0.4) is 0 Å². The zero-order valence-electron chi connectivity index (χ0n) is 10.1. The number of aliphatic hydroxyl groups excluding tert-OH is 1. The van der Waals surface area contributed by atoms with Crippen LogP contribution in [0, 0.1) is 5.41 Å². The molecule has 1 unspecified atom stereocenters. The minimum absolute atomic E-state index is 0.109. The van der Waals surface area contributed by atoms with Crippen LogP contribution in [0.5, 0.6) is 5.75 Å². The van der Waals surface area contributed by atoms with Crippen molar-refractivity contribution < 1.29 is 9.84 Å². The molecule has 16 heavy (non-hydrogen) atoms. The first kappa shape index (κ1) is 13.0. The van der Waals surface area contributed by atoms with E-state index in [-0.39, 0.29) is 12.0 Å². The number of aliphatic hydroxyl groups is 1. The topological polar surface area (TPSA) is 55.5 Å². The van der Waals surface area contributed by atoms with E-state index < -0.39 is 0 Å². The van der Waals surface area contributed by atoms with Crippen LogP contribution >= 0.6 is 0 Å². The molecule has 0 bridgehead atoms. The van der Waals surface area contributed by atoms with Gasteiger partial charge in [-0.15, -0.1) is 0 Å². The van der Waals surface area contributed by atoms with E-state index in [0.717, 1.165) is 24.2 Å². The van der Waals surface area contributed by atoms with E-state index >= 15 is 0 Å². The van der Waals surface area contributed by atoms with E-state index in [2.05, 4.69) is 6.92 Å². The number of benzene rings is 1. The second-order valence-electron chi connectivity index (χ2n) is 4.20. The Labute approximate surface area is 97.2 Å². The summed E-state index contributed by atoms with van der Waals surface area (Å²) >= 11 is 0. The van der Waals surface area contributed by atoms with Crippen molar-refractivity contribution in [3.05, 3.63) is 29.8 Å². The lowest BCUT2D eigenvalue weighted by Crippen LogP contribution is -2.35. The minimum atomic E-state index is -0.228. The molecule has 0 spiro atoms. The number of methoxy groups -OCH3 is 1. The molecule has 0 aliphatic rings. The van der Waals surface area contributed by atoms with Gasteiger partial charge in [0.05, 0.1) is 13.7 Å². The predicted octanol–water partition coefficient (Wildman–Crippen LogP) is 1.59. The molecule has 1 aromatic carbocycles. The van der Waals surface area contributed by atoms with Crippen molar-refractivity contribution in [3.8, 4) is 5.75 Å². The minimum Gasteiger partial charge on any atom is -0.496 e. The summed E-state index contributed by atoms with van der Waals surface area (Å²) in [5.41, 5.74) is 6.64. The van der Waals surface area contributed by atoms with Gasteiger partial charge in [-0.05, 0) is 24.5 Å². The molecule has 1 atom stereocenters. The van der Waals surface area contributed by atoms with Crippen molar-refractivity contribution in [3.63, 3.8) is 0 Å². The van der Waals surface area contributed by atoms with Crippen molar-refractivity contribution in [1.29, 1.82) is 0 Å². The lowest BCUT2D eigenvalue weighted by molar-refractivity contribution is 0.126. The molecule has 0 heterocycles. The summed E-state index contributed by atoms with van der Waals surface area (Å²) in [7, 11) is 1.66. The highest BCUT2D eigenvalue weighted by molar-refractivity contribution is 5.34. The number of nitrogens with two attached hydrogens (primary N) is 1. The molecule has 3 heteroatoms. The fourth-order valence-electron chi connectivity index (χ4n) is 1.83. The smallest absolute Gasteiger partial charge is 0.122 e. The Balaban J connectivity index is 2.93. The Morgan fingerprint density at radius 3 is 2.56 bits per heavy atom. The molecule has 0 saturated carbocycles. The van der Waals surface area contributed by atoms with Gasteiger partial charge in [-0.25, -0.2) is 0 Å². The van der Waals surface area contributed by atoms with E-state index in [9.17, 15) is 5.11 Å². The maximum Gasteiger partial charge on any atom is 0.122 e. The molecule has 0 saturated heterocycles. The Hall–Kier alpha value is -1.06. The quantitative estimate of drug-likeness (QED) is 0.770. The van der Waals surface area contributed by atoms with Gasteiger partial charge in [0.1, 0.15) is 5.75 Å². The van der Waals surface area contributed by atoms with Crippen molar-refractivity contribution in [1.82, 2.24) is 0 Å². The van der Waals surface area contributed by atoms with E-state index in [0.29, 0.717) is 6.54 Å². The van der Waals surface area contributed by atoms with Crippen molar-refractivity contribution in [2.24, 2.45) is 11.1 Å². The average Bonchev–Trinajstić information content (AvgIpc) is 2.36. The van der Waals surface area contributed by atoms with Crippen LogP contribution in [0.25, 0.3) is 0 Å². The van der Waals surface area contributed by atoms with Crippen LogP contribution in [0.2, 0.25) is 0 Å². The number of rotatable bonds is 6. The van der Waals surface area contributed by atoms with E-state index in [4.69, 9.17) is 10.5 Å². The highest BCUT2D eigenvalue weighted by Gasteiger charge is 2.27. The van der Waals surface area contributed by atoms with Crippen molar-refractivity contribution >= 4 is 0 Å². The summed E-state index contributed by atoms with van der Waals surface area (Å²) in [5.74, 6) is 0.863. The maximum atomic E-state index is 9.48. The first-order valence-electron chi connectivity index (χ1n) is 5.64. The van der Waals surface area contributed by atoms with E-state index in [1.807, 2.05) is 24.3 Å². The standard InChI is InChI=1S/C13H21NO2/c1-3-13(9-14,10-15)8-11-6-4-5-7-12(11)16-2/h4-7,15H,3,8-10,14H2,1-2H3. The van der Waals surface area contributed by atoms with Gasteiger partial charge in [0.25, 0.3) is 0 Å². The monoisotopic (exact) mass is 223 g/mol. The van der Waals surface area contributed by atoms with E-state index in [1.165, 1.54) is 0 Å². The second kappa shape index (κ2) is 5.87. The van der Waals surface area contributed by atoms with Crippen LogP contribution in [-0.4, -0.2) is 25.4 Å². The Bertz CT molecular complexity index is 313. The van der Waals surface area contributed by atoms with Gasteiger partial charge in [-0.3, -0.25) is 0 Å². The lowest BCUT2D eigenvalue weighted by Gasteiger charge is -2.29. The molecule has 3 nitrogen and oxygen atoms in total. The number of hydrogen-bond donors (Lipinski definition) is 2. The molecule has 1 aromatic rings. The third-order valence-electron chi connectivity index (χ3n) is 3.28. The molecular formula is C13H21NO2. The highest BCUT2D eigenvalue weighted by atomic mass is 16.5. The second-order valence-corrected chi connectivity index (χ2v) is 4.20. The Kier molecular flexibility index (Phi) is 4.77. The lowest BCUT2D eigenvalue weighted by atomic mass is 9.80. The third-order valence-corrected chi connectivity index (χ3v) is 3.28. The molecule has 0 amide bonds. The van der Waals surface area contributed by atoms with Gasteiger partial charge in [0.15, 0.2) is 0 Å². The number of ether oxygens (including phenoxy) is 1. The Morgan fingerprint density at radius 2 is 2.06 bits per heavy atom. The van der Waals surface area contributed by atoms with Gasteiger partial charge < -0.3 is 15.6 Å². The number of para-hydroxylation sites is 1. The Morgan fingerprint density at radius 1 is 1.38 bits per heavy atom. The van der Waals surface area contributed by atoms with Crippen molar-refractivity contribution in [2.45, 2.75) is 19.8 Å². The van der Waals surface area contributed by atoms with Crippen LogP contribution in [0.1, 0.15) is 18.9 Å². The maximum absolute atomic E-state index is 9.48. The summed E-state index contributed by atoms with van der Waals surface area (Å²) < 4.78 is 5.30. The summed E-state index contributed by atoms with van der Waals surface area (Å²) in [6.07, 6.45) is 1.61. The zero-order chi connectivity index (χ0) is 12.0. The van der Waals surface area contributed by atoms with Gasteiger partial charge in [0.2, 0.25) is 0 Å². The SMILES string of the molecule is CCC(CN)(CO)Cc1ccccc1OC. The first-order chi connectivity index (χ1) is 7.71. The fourth-order valence-corrected chi connectivity index (χ4v) is 1.83. The average molecular weight is 223 g/mol. The molecule has 0 aliphatic heterocycles. The largest absolute Gasteiger partial charge is 0.496 e. The fraction of sp³-hybridized carbons (Fsp3) is 0.538. The summed E-state index contributed by atoms with van der Waals surface area (Å²) in [6.45, 7) is 2.65. The molecular weight excluding hydrogens is 202 g/mol. The normalized spacial score (nSPS) is 14.5. The molecule has 0 aromatic heterocycles. The van der Waals surface area contributed by atoms with Crippen LogP contribution < -0.4 is 10.5 Å². The summed E-state index contributed by atoms with van der Waals surface area (Å²) in [4.78, 5) is 0. The van der Waals surface area contributed by atoms with Crippen LogP contribution in [0.4, 0.5) is 0 Å². The molecule has 90 valence electrons. The van der Waals surface area contributed by atoms with Gasteiger partial charge >= 0.3 is 0 Å². The first-order valence-corrected chi connectivity index (χ1v) is 5.64. The van der Waals surface area contributed by atoms with Gasteiger partial charge in [-0.2, -0.15) is 0 Å². The van der Waals surface area contributed by atoms with Gasteiger partial charge in [-0.1, -0.05) is 25.1 Å². The van der Waals surface area contributed by atoms with Gasteiger partial charge in [0, 0.05) is 12.0 Å². The summed E-state index contributed by atoms with van der Waals surface area (Å²) in [5, 5.41) is 9.48. The van der Waals surface area contributed by atoms with E-state index in [1.54, 1.807) is 7.11 Å². The van der Waals surface area contributed by atoms with Crippen molar-refractivity contribution in [2.75, 3.05) is 20.3 Å². The van der Waals surface area contributed by atoms with Crippen LogP contribution in [-0.2, 0) is 6.42 Å². The number of hydrogen-bond acceptors (Lipinski definition) is 3. The highest BCUT2D eigenvalue weighted by Crippen LogP contribution is 2.29. The zero-order valence-corrected chi connectivity index (χ0v) is 10.1. The molecule has 3 N–H and O–H groups in total.